The molecule has 1 heterocycles. The van der Waals surface area contributed by atoms with Crippen LogP contribution in [0.2, 0.25) is 0 Å². The van der Waals surface area contributed by atoms with Gasteiger partial charge in [0.2, 0.25) is 5.91 Å². The molecule has 28 heavy (non-hydrogen) atoms. The Hall–Kier alpha value is -3.61. The highest BCUT2D eigenvalue weighted by molar-refractivity contribution is 5.90. The molecule has 144 valence electrons. The Morgan fingerprint density at radius 2 is 1.86 bits per heavy atom. The molecule has 0 radical (unpaired) electrons. The van der Waals surface area contributed by atoms with Gasteiger partial charge >= 0.3 is 0 Å². The molecule has 0 saturated carbocycles. The quantitative estimate of drug-likeness (QED) is 0.682. The van der Waals surface area contributed by atoms with Crippen LogP contribution >= 0.6 is 0 Å². The zero-order valence-electron chi connectivity index (χ0n) is 15.7. The van der Waals surface area contributed by atoms with Crippen LogP contribution < -0.4 is 20.3 Å². The van der Waals surface area contributed by atoms with E-state index in [2.05, 4.69) is 10.4 Å². The van der Waals surface area contributed by atoms with E-state index in [0.717, 1.165) is 16.0 Å². The van der Waals surface area contributed by atoms with Crippen LogP contribution in [0.5, 0.6) is 11.5 Å². The van der Waals surface area contributed by atoms with Gasteiger partial charge in [0.25, 0.3) is 5.56 Å². The summed E-state index contributed by atoms with van der Waals surface area (Å²) in [5, 5.41) is 7.05. The molecule has 0 aliphatic heterocycles. The van der Waals surface area contributed by atoms with Crippen molar-refractivity contribution in [2.45, 2.75) is 13.5 Å². The minimum Gasteiger partial charge on any atom is -0.497 e. The van der Waals surface area contributed by atoms with Gasteiger partial charge in [0.05, 0.1) is 19.4 Å². The first-order chi connectivity index (χ1) is 13.6. The van der Waals surface area contributed by atoms with Gasteiger partial charge in [0.1, 0.15) is 18.0 Å². The number of methoxy groups -OCH3 is 1. The summed E-state index contributed by atoms with van der Waals surface area (Å²) in [5.74, 6) is 1.04. The van der Waals surface area contributed by atoms with E-state index < -0.39 is 0 Å². The van der Waals surface area contributed by atoms with Crippen LogP contribution in [0.1, 0.15) is 6.92 Å². The average molecular weight is 379 g/mol. The molecule has 0 unspecified atom stereocenters. The van der Waals surface area contributed by atoms with Crippen molar-refractivity contribution in [3.05, 3.63) is 71.0 Å². The van der Waals surface area contributed by atoms with E-state index in [1.807, 2.05) is 31.2 Å². The zero-order valence-corrected chi connectivity index (χ0v) is 15.7. The fourth-order valence-electron chi connectivity index (χ4n) is 2.64. The summed E-state index contributed by atoms with van der Waals surface area (Å²) in [6, 6.07) is 17.4. The number of hydrogen-bond acceptors (Lipinski definition) is 5. The van der Waals surface area contributed by atoms with Crippen LogP contribution in [0.25, 0.3) is 11.3 Å². The summed E-state index contributed by atoms with van der Waals surface area (Å²) in [6.45, 7) is 2.31. The number of nitrogens with one attached hydrogen (secondary N) is 1. The van der Waals surface area contributed by atoms with E-state index in [0.29, 0.717) is 23.7 Å². The van der Waals surface area contributed by atoms with E-state index in [1.165, 1.54) is 6.07 Å². The van der Waals surface area contributed by atoms with E-state index in [9.17, 15) is 9.59 Å². The lowest BCUT2D eigenvalue weighted by Crippen LogP contribution is -2.29. The molecule has 0 aliphatic carbocycles. The van der Waals surface area contributed by atoms with Crippen LogP contribution in [0.3, 0.4) is 0 Å². The van der Waals surface area contributed by atoms with Gasteiger partial charge in [-0.3, -0.25) is 9.59 Å². The van der Waals surface area contributed by atoms with Gasteiger partial charge < -0.3 is 14.8 Å². The first-order valence-electron chi connectivity index (χ1n) is 8.84. The Balaban J connectivity index is 1.75. The van der Waals surface area contributed by atoms with Crippen LogP contribution in [0.15, 0.2) is 65.5 Å². The highest BCUT2D eigenvalue weighted by atomic mass is 16.5. The third-order valence-corrected chi connectivity index (χ3v) is 3.97. The summed E-state index contributed by atoms with van der Waals surface area (Å²) >= 11 is 0. The topological polar surface area (TPSA) is 82.5 Å². The number of nitrogens with zero attached hydrogens (tertiary/aromatic N) is 2. The van der Waals surface area contributed by atoms with Crippen molar-refractivity contribution < 1.29 is 14.3 Å². The van der Waals surface area contributed by atoms with E-state index in [-0.39, 0.29) is 18.0 Å². The molecule has 7 heteroatoms. The maximum atomic E-state index is 12.3. The molecule has 1 N–H and O–H groups in total. The number of carbonyl (C=O) groups is 1. The van der Waals surface area contributed by atoms with E-state index in [1.54, 1.807) is 37.4 Å². The largest absolute Gasteiger partial charge is 0.497 e. The molecule has 1 aromatic heterocycles. The predicted molar refractivity (Wildman–Crippen MR) is 107 cm³/mol. The van der Waals surface area contributed by atoms with Gasteiger partial charge in [0, 0.05) is 23.4 Å². The molecule has 0 aliphatic rings. The lowest BCUT2D eigenvalue weighted by Gasteiger charge is -2.09. The monoisotopic (exact) mass is 379 g/mol. The van der Waals surface area contributed by atoms with Crippen molar-refractivity contribution in [1.82, 2.24) is 9.78 Å². The molecule has 0 saturated heterocycles. The maximum absolute atomic E-state index is 12.3. The summed E-state index contributed by atoms with van der Waals surface area (Å²) in [6.07, 6.45) is 0. The van der Waals surface area contributed by atoms with Crippen LogP contribution in [0.4, 0.5) is 5.69 Å². The second-order valence-electron chi connectivity index (χ2n) is 5.95. The van der Waals surface area contributed by atoms with Gasteiger partial charge in [-0.05, 0) is 49.4 Å². The highest BCUT2D eigenvalue weighted by Crippen LogP contribution is 2.20. The van der Waals surface area contributed by atoms with Crippen LogP contribution in [-0.4, -0.2) is 29.4 Å². The van der Waals surface area contributed by atoms with E-state index in [4.69, 9.17) is 9.47 Å². The number of aromatic nitrogens is 2. The first kappa shape index (κ1) is 19.2. The molecule has 1 amide bonds. The van der Waals surface area contributed by atoms with Gasteiger partial charge in [-0.15, -0.1) is 0 Å². The van der Waals surface area contributed by atoms with Gasteiger partial charge in [0.15, 0.2) is 0 Å². The minimum atomic E-state index is -0.355. The second kappa shape index (κ2) is 8.85. The minimum absolute atomic E-state index is 0.194. The molecule has 0 fully saturated rings. The number of amides is 1. The summed E-state index contributed by atoms with van der Waals surface area (Å²) in [7, 11) is 1.55. The molecule has 0 atom stereocenters. The number of benzene rings is 2. The Bertz CT molecular complexity index is 1010. The molecule has 3 aromatic rings. The second-order valence-corrected chi connectivity index (χ2v) is 5.95. The lowest BCUT2D eigenvalue weighted by atomic mass is 10.1. The maximum Gasteiger partial charge on any atom is 0.267 e. The fraction of sp³-hybridized carbons (Fsp3) is 0.190. The third kappa shape index (κ3) is 4.76. The molecule has 3 rings (SSSR count). The Morgan fingerprint density at radius 3 is 2.57 bits per heavy atom. The average Bonchev–Trinajstić information content (AvgIpc) is 2.70. The normalized spacial score (nSPS) is 10.4. The Labute approximate surface area is 162 Å². The van der Waals surface area contributed by atoms with Crippen LogP contribution in [-0.2, 0) is 11.3 Å². The summed E-state index contributed by atoms with van der Waals surface area (Å²) in [4.78, 5) is 24.4. The van der Waals surface area contributed by atoms with Gasteiger partial charge in [-0.2, -0.15) is 5.10 Å². The molecule has 7 nitrogen and oxygen atoms in total. The standard InChI is InChI=1S/C21H21N3O4/c1-3-28-17-9-7-15(8-10-17)19-11-12-21(26)24(23-19)14-20(25)22-16-5-4-6-18(13-16)27-2/h4-13H,3,14H2,1-2H3,(H,22,25). The van der Waals surface area contributed by atoms with Crippen molar-refractivity contribution >= 4 is 11.6 Å². The van der Waals surface area contributed by atoms with Crippen molar-refractivity contribution in [1.29, 1.82) is 0 Å². The molecule has 0 bridgehead atoms. The van der Waals surface area contributed by atoms with Gasteiger partial charge in [-0.25, -0.2) is 4.68 Å². The molecular formula is C21H21N3O4. The Morgan fingerprint density at radius 1 is 1.07 bits per heavy atom. The number of anilines is 1. The van der Waals surface area contributed by atoms with Gasteiger partial charge in [-0.1, -0.05) is 6.07 Å². The van der Waals surface area contributed by atoms with Crippen molar-refractivity contribution in [2.24, 2.45) is 0 Å². The van der Waals surface area contributed by atoms with E-state index >= 15 is 0 Å². The lowest BCUT2D eigenvalue weighted by molar-refractivity contribution is -0.117. The predicted octanol–water partition coefficient (Wildman–Crippen LogP) is 2.96. The smallest absolute Gasteiger partial charge is 0.267 e. The van der Waals surface area contributed by atoms with Crippen LogP contribution in [0, 0.1) is 0 Å². The number of carbonyl (C=O) groups excluding carboxylic acids is 1. The van der Waals surface area contributed by atoms with Crippen molar-refractivity contribution in [3.8, 4) is 22.8 Å². The first-order valence-corrected chi connectivity index (χ1v) is 8.84. The third-order valence-electron chi connectivity index (χ3n) is 3.97. The zero-order chi connectivity index (χ0) is 19.9. The highest BCUT2D eigenvalue weighted by Gasteiger charge is 2.09. The SMILES string of the molecule is CCOc1ccc(-c2ccc(=O)n(CC(=O)Nc3cccc(OC)c3)n2)cc1. The number of hydrogen-bond donors (Lipinski definition) is 1. The number of rotatable bonds is 7. The van der Waals surface area contributed by atoms with Crippen molar-refractivity contribution in [3.63, 3.8) is 0 Å². The molecule has 0 spiro atoms. The molecule has 2 aromatic carbocycles. The number of ether oxygens (including phenoxy) is 2. The molecular weight excluding hydrogens is 358 g/mol. The van der Waals surface area contributed by atoms with Crippen molar-refractivity contribution in [2.75, 3.05) is 19.0 Å². The summed E-state index contributed by atoms with van der Waals surface area (Å²) in [5.41, 5.74) is 1.65. The Kier molecular flexibility index (Phi) is 6.06. The summed E-state index contributed by atoms with van der Waals surface area (Å²) < 4.78 is 11.7. The fourth-order valence-corrected chi connectivity index (χ4v) is 2.64.